The van der Waals surface area contributed by atoms with E-state index in [1.54, 1.807) is 0 Å². The van der Waals surface area contributed by atoms with E-state index in [-0.39, 0.29) is 0 Å². The van der Waals surface area contributed by atoms with Crippen molar-refractivity contribution in [2.75, 3.05) is 13.1 Å². The Morgan fingerprint density at radius 2 is 2.00 bits per heavy atom. The predicted octanol–water partition coefficient (Wildman–Crippen LogP) is 3.37. The molecule has 1 nitrogen and oxygen atoms in total. The molecule has 0 aliphatic rings. The van der Waals surface area contributed by atoms with Gasteiger partial charge in [-0.2, -0.15) is 0 Å². The van der Waals surface area contributed by atoms with Gasteiger partial charge in [0.1, 0.15) is 0 Å². The quantitative estimate of drug-likeness (QED) is 0.449. The molecule has 0 saturated heterocycles. The highest BCUT2D eigenvalue weighted by atomic mass is 14.8. The predicted molar refractivity (Wildman–Crippen MR) is 61.0 cm³/mol. The number of hydrogen-bond donors (Lipinski definition) is 1. The Hall–Kier alpha value is -0.300. The van der Waals surface area contributed by atoms with E-state index in [4.69, 9.17) is 0 Å². The minimum Gasteiger partial charge on any atom is -0.317 e. The Morgan fingerprint density at radius 3 is 2.54 bits per heavy atom. The normalized spacial score (nSPS) is 11.6. The maximum Gasteiger partial charge on any atom is -0.00439 e. The first kappa shape index (κ1) is 12.7. The maximum absolute atomic E-state index is 3.74. The molecule has 0 aromatic heterocycles. The third kappa shape index (κ3) is 8.04. The van der Waals surface area contributed by atoms with Crippen molar-refractivity contribution < 1.29 is 0 Å². The van der Waals surface area contributed by atoms with Crippen LogP contribution in [0, 0.1) is 5.41 Å². The van der Waals surface area contributed by atoms with Crippen LogP contribution in [0.4, 0.5) is 0 Å². The third-order valence-corrected chi connectivity index (χ3v) is 2.49. The Bertz CT molecular complexity index is 127. The van der Waals surface area contributed by atoms with Gasteiger partial charge in [-0.05, 0) is 44.2 Å². The summed E-state index contributed by atoms with van der Waals surface area (Å²) in [6.45, 7) is 12.8. The number of rotatable bonds is 8. The number of nitrogens with one attached hydrogen (secondary N) is 1. The molecule has 0 aliphatic heterocycles. The van der Waals surface area contributed by atoms with E-state index < -0.39 is 0 Å². The fourth-order valence-electron chi connectivity index (χ4n) is 1.45. The summed E-state index contributed by atoms with van der Waals surface area (Å²) in [7, 11) is 0. The molecule has 1 N–H and O–H groups in total. The zero-order valence-electron chi connectivity index (χ0n) is 9.53. The van der Waals surface area contributed by atoms with Crippen LogP contribution < -0.4 is 5.32 Å². The van der Waals surface area contributed by atoms with Gasteiger partial charge in [0.15, 0.2) is 0 Å². The summed E-state index contributed by atoms with van der Waals surface area (Å²) in [5.41, 5.74) is 0.491. The first-order valence-corrected chi connectivity index (χ1v) is 5.44. The van der Waals surface area contributed by atoms with Gasteiger partial charge in [0.25, 0.3) is 0 Å². The zero-order chi connectivity index (χ0) is 10.2. The summed E-state index contributed by atoms with van der Waals surface area (Å²) in [5.74, 6) is 0. The second kappa shape index (κ2) is 7.14. The average molecular weight is 183 g/mol. The molecular weight excluding hydrogens is 158 g/mol. The Morgan fingerprint density at radius 1 is 1.31 bits per heavy atom. The monoisotopic (exact) mass is 183 g/mol. The largest absolute Gasteiger partial charge is 0.317 e. The van der Waals surface area contributed by atoms with Crippen LogP contribution in [0.3, 0.4) is 0 Å². The molecule has 78 valence electrons. The summed E-state index contributed by atoms with van der Waals surface area (Å²) >= 11 is 0. The third-order valence-electron chi connectivity index (χ3n) is 2.49. The van der Waals surface area contributed by atoms with Gasteiger partial charge in [0.05, 0.1) is 0 Å². The van der Waals surface area contributed by atoms with E-state index in [9.17, 15) is 0 Å². The fraction of sp³-hybridized carbons (Fsp3) is 0.833. The average Bonchev–Trinajstić information content (AvgIpc) is 2.05. The van der Waals surface area contributed by atoms with Crippen LogP contribution in [0.25, 0.3) is 0 Å². The highest BCUT2D eigenvalue weighted by molar-refractivity contribution is 4.73. The lowest BCUT2D eigenvalue weighted by Crippen LogP contribution is -2.22. The van der Waals surface area contributed by atoms with Gasteiger partial charge in [-0.1, -0.05) is 26.8 Å². The first-order chi connectivity index (χ1) is 6.12. The molecule has 0 amide bonds. The topological polar surface area (TPSA) is 12.0 Å². The van der Waals surface area contributed by atoms with Crippen LogP contribution in [-0.4, -0.2) is 13.1 Å². The van der Waals surface area contributed by atoms with Crippen molar-refractivity contribution in [2.24, 2.45) is 5.41 Å². The molecule has 0 rings (SSSR count). The molecule has 0 aliphatic carbocycles. The van der Waals surface area contributed by atoms with Crippen LogP contribution >= 0.6 is 0 Å². The SMILES string of the molecule is C=CCCCC(C)(C)CCNCC. The second-order valence-electron chi connectivity index (χ2n) is 4.45. The summed E-state index contributed by atoms with van der Waals surface area (Å²) in [6, 6.07) is 0. The first-order valence-electron chi connectivity index (χ1n) is 5.44. The van der Waals surface area contributed by atoms with E-state index in [1.807, 2.05) is 6.08 Å². The van der Waals surface area contributed by atoms with E-state index in [2.05, 4.69) is 32.7 Å². The van der Waals surface area contributed by atoms with Crippen molar-refractivity contribution >= 4 is 0 Å². The van der Waals surface area contributed by atoms with Crippen LogP contribution in [-0.2, 0) is 0 Å². The van der Waals surface area contributed by atoms with Crippen LogP contribution in [0.2, 0.25) is 0 Å². The van der Waals surface area contributed by atoms with Crippen molar-refractivity contribution in [3.05, 3.63) is 12.7 Å². The molecule has 0 atom stereocenters. The van der Waals surface area contributed by atoms with Gasteiger partial charge in [0, 0.05) is 0 Å². The highest BCUT2D eigenvalue weighted by Crippen LogP contribution is 2.26. The summed E-state index contributed by atoms with van der Waals surface area (Å²) < 4.78 is 0. The van der Waals surface area contributed by atoms with Gasteiger partial charge in [-0.3, -0.25) is 0 Å². The van der Waals surface area contributed by atoms with E-state index in [0.717, 1.165) is 19.5 Å². The molecular formula is C12H25N. The van der Waals surface area contributed by atoms with Crippen LogP contribution in [0.1, 0.15) is 46.5 Å². The molecule has 0 bridgehead atoms. The highest BCUT2D eigenvalue weighted by Gasteiger charge is 2.15. The van der Waals surface area contributed by atoms with Gasteiger partial charge < -0.3 is 5.32 Å². The van der Waals surface area contributed by atoms with Gasteiger partial charge in [0.2, 0.25) is 0 Å². The van der Waals surface area contributed by atoms with Crippen molar-refractivity contribution in [2.45, 2.75) is 46.5 Å². The van der Waals surface area contributed by atoms with E-state index in [0.29, 0.717) is 5.41 Å². The van der Waals surface area contributed by atoms with Crippen LogP contribution in [0.5, 0.6) is 0 Å². The molecule has 0 heterocycles. The van der Waals surface area contributed by atoms with Gasteiger partial charge in [-0.25, -0.2) is 0 Å². The molecule has 0 aromatic carbocycles. The minimum absolute atomic E-state index is 0.491. The molecule has 0 spiro atoms. The van der Waals surface area contributed by atoms with E-state index >= 15 is 0 Å². The lowest BCUT2D eigenvalue weighted by Gasteiger charge is -2.24. The molecule has 0 radical (unpaired) electrons. The van der Waals surface area contributed by atoms with Crippen molar-refractivity contribution in [3.63, 3.8) is 0 Å². The Labute approximate surface area is 83.6 Å². The maximum atomic E-state index is 3.74. The minimum atomic E-state index is 0.491. The van der Waals surface area contributed by atoms with Crippen LogP contribution in [0.15, 0.2) is 12.7 Å². The lowest BCUT2D eigenvalue weighted by atomic mass is 9.84. The lowest BCUT2D eigenvalue weighted by molar-refractivity contribution is 0.296. The van der Waals surface area contributed by atoms with Crippen molar-refractivity contribution in [1.29, 1.82) is 0 Å². The molecule has 0 saturated carbocycles. The zero-order valence-corrected chi connectivity index (χ0v) is 9.53. The molecule has 0 fully saturated rings. The Balaban J connectivity index is 3.47. The summed E-state index contributed by atoms with van der Waals surface area (Å²) in [5, 5.41) is 3.37. The number of allylic oxidation sites excluding steroid dienone is 1. The number of unbranched alkanes of at least 4 members (excludes halogenated alkanes) is 1. The molecule has 0 aromatic rings. The second-order valence-corrected chi connectivity index (χ2v) is 4.45. The number of hydrogen-bond acceptors (Lipinski definition) is 1. The Kier molecular flexibility index (Phi) is 6.97. The van der Waals surface area contributed by atoms with Gasteiger partial charge >= 0.3 is 0 Å². The molecule has 1 heteroatoms. The summed E-state index contributed by atoms with van der Waals surface area (Å²) in [4.78, 5) is 0. The molecule has 13 heavy (non-hydrogen) atoms. The molecule has 0 unspecified atom stereocenters. The fourth-order valence-corrected chi connectivity index (χ4v) is 1.45. The van der Waals surface area contributed by atoms with Crippen molar-refractivity contribution in [3.8, 4) is 0 Å². The van der Waals surface area contributed by atoms with E-state index in [1.165, 1.54) is 19.3 Å². The summed E-state index contributed by atoms with van der Waals surface area (Å²) in [6.07, 6.45) is 7.04. The standard InChI is InChI=1S/C12H25N/c1-5-7-8-9-12(3,4)10-11-13-6-2/h5,13H,1,6-11H2,2-4H3. The van der Waals surface area contributed by atoms with Gasteiger partial charge in [-0.15, -0.1) is 6.58 Å². The smallest absolute Gasteiger partial charge is 0.00439 e. The van der Waals surface area contributed by atoms with Crippen molar-refractivity contribution in [1.82, 2.24) is 5.32 Å².